The number of hydrogen-bond acceptors (Lipinski definition) is 8. The summed E-state index contributed by atoms with van der Waals surface area (Å²) in [6, 6.07) is 5.15. The van der Waals surface area contributed by atoms with Gasteiger partial charge in [0.25, 0.3) is 0 Å². The molecule has 1 aromatic carbocycles. The van der Waals surface area contributed by atoms with Crippen LogP contribution in [0.4, 0.5) is 10.5 Å². The molecule has 8 nitrogen and oxygen atoms in total. The number of esters is 2. The Hall–Kier alpha value is -2.81. The largest absolute Gasteiger partial charge is 0.479 e. The van der Waals surface area contributed by atoms with Gasteiger partial charge in [-0.25, -0.2) is 14.4 Å². The summed E-state index contributed by atoms with van der Waals surface area (Å²) in [6.07, 6.45) is 1.05. The number of nitrogens with one attached hydrogen (secondary N) is 1. The minimum absolute atomic E-state index is 0.150. The molecule has 0 unspecified atom stereocenters. The Morgan fingerprint density at radius 1 is 1.15 bits per heavy atom. The van der Waals surface area contributed by atoms with E-state index in [-0.39, 0.29) is 17.2 Å². The minimum Gasteiger partial charge on any atom is -0.479 e. The van der Waals surface area contributed by atoms with Gasteiger partial charge in [0.1, 0.15) is 0 Å². The number of fused-ring (bicyclic) bond motifs is 1. The van der Waals surface area contributed by atoms with Crippen molar-refractivity contribution in [3.63, 3.8) is 0 Å². The molecule has 27 heavy (non-hydrogen) atoms. The van der Waals surface area contributed by atoms with Gasteiger partial charge in [-0.15, -0.1) is 11.3 Å². The number of unbranched alkanes of at least 4 members (excludes halogenated alkanes) is 1. The number of hydrogen-bond donors (Lipinski definition) is 1. The quantitative estimate of drug-likeness (QED) is 0.414. The molecular formula is C18H21NO7S. The van der Waals surface area contributed by atoms with Gasteiger partial charge < -0.3 is 18.9 Å². The van der Waals surface area contributed by atoms with Crippen LogP contribution in [0.3, 0.4) is 0 Å². The van der Waals surface area contributed by atoms with Crippen molar-refractivity contribution in [2.24, 2.45) is 0 Å². The van der Waals surface area contributed by atoms with Crippen LogP contribution in [0.15, 0.2) is 18.2 Å². The van der Waals surface area contributed by atoms with Gasteiger partial charge in [-0.3, -0.25) is 5.32 Å². The maximum atomic E-state index is 12.1. The summed E-state index contributed by atoms with van der Waals surface area (Å²) >= 11 is 1.13. The highest BCUT2D eigenvalue weighted by Gasteiger charge is 2.24. The Bertz CT molecular complexity index is 830. The third kappa shape index (κ3) is 5.10. The zero-order chi connectivity index (χ0) is 19.8. The summed E-state index contributed by atoms with van der Waals surface area (Å²) in [7, 11) is 2.49. The summed E-state index contributed by atoms with van der Waals surface area (Å²) in [4.78, 5) is 35.8. The number of carbonyl (C=O) groups is 3. The van der Waals surface area contributed by atoms with E-state index in [0.717, 1.165) is 24.2 Å². The molecule has 9 heteroatoms. The second-order valence-electron chi connectivity index (χ2n) is 5.41. The molecule has 0 bridgehead atoms. The first kappa shape index (κ1) is 20.5. The summed E-state index contributed by atoms with van der Waals surface area (Å²) < 4.78 is 20.7. The molecule has 1 aromatic heterocycles. The Morgan fingerprint density at radius 2 is 1.93 bits per heavy atom. The third-order valence-electron chi connectivity index (χ3n) is 3.57. The van der Waals surface area contributed by atoms with Crippen LogP contribution >= 0.6 is 11.3 Å². The zero-order valence-corrected chi connectivity index (χ0v) is 16.1. The van der Waals surface area contributed by atoms with Crippen LogP contribution in [-0.2, 0) is 19.0 Å². The highest BCUT2D eigenvalue weighted by Crippen LogP contribution is 2.42. The van der Waals surface area contributed by atoms with Crippen molar-refractivity contribution in [2.45, 2.75) is 19.8 Å². The first-order chi connectivity index (χ1) is 13.0. The van der Waals surface area contributed by atoms with Crippen LogP contribution in [0.2, 0.25) is 0 Å². The molecule has 0 aliphatic heterocycles. The van der Waals surface area contributed by atoms with Gasteiger partial charge in [-0.2, -0.15) is 0 Å². The fourth-order valence-corrected chi connectivity index (χ4v) is 3.33. The second-order valence-corrected chi connectivity index (χ2v) is 6.46. The van der Waals surface area contributed by atoms with Gasteiger partial charge in [0.15, 0.2) is 17.2 Å². The number of carbonyl (C=O) groups excluding carboxylic acids is 3. The molecule has 0 fully saturated rings. The third-order valence-corrected chi connectivity index (χ3v) is 4.69. The monoisotopic (exact) mass is 395 g/mol. The predicted octanol–water partition coefficient (Wildman–Crippen LogP) is 3.59. The maximum Gasteiger partial charge on any atom is 0.411 e. The molecule has 146 valence electrons. The second kappa shape index (κ2) is 9.77. The van der Waals surface area contributed by atoms with Crippen LogP contribution in [0.25, 0.3) is 10.1 Å². The SMILES string of the molecule is CCCCOC(=O)Nc1cccc2sc(C(=O)OC)c(OCC(=O)OC)c12. The van der Waals surface area contributed by atoms with Crippen molar-refractivity contribution in [2.75, 3.05) is 32.8 Å². The van der Waals surface area contributed by atoms with Crippen molar-refractivity contribution in [3.05, 3.63) is 23.1 Å². The van der Waals surface area contributed by atoms with E-state index in [1.165, 1.54) is 14.2 Å². The number of benzene rings is 1. The Kier molecular flexibility index (Phi) is 7.42. The molecule has 1 amide bonds. The standard InChI is InChI=1S/C18H21NO7S/c1-4-5-9-25-18(22)19-11-7-6-8-12-14(11)15(26-10-13(20)23-2)16(27-12)17(21)24-3/h6-8H,4-5,9-10H2,1-3H3,(H,19,22). The fourth-order valence-electron chi connectivity index (χ4n) is 2.23. The molecule has 0 spiro atoms. The molecule has 1 N–H and O–H groups in total. The lowest BCUT2D eigenvalue weighted by Crippen LogP contribution is -2.16. The van der Waals surface area contributed by atoms with E-state index in [1.807, 2.05) is 6.92 Å². The van der Waals surface area contributed by atoms with Gasteiger partial charge in [0.2, 0.25) is 0 Å². The molecule has 0 radical (unpaired) electrons. The fraction of sp³-hybridized carbons (Fsp3) is 0.389. The first-order valence-corrected chi connectivity index (χ1v) is 9.10. The molecule has 0 saturated carbocycles. The summed E-state index contributed by atoms with van der Waals surface area (Å²) in [5.74, 6) is -1.06. The summed E-state index contributed by atoms with van der Waals surface area (Å²) in [6.45, 7) is 1.91. The minimum atomic E-state index is -0.610. The van der Waals surface area contributed by atoms with Crippen molar-refractivity contribution in [3.8, 4) is 5.75 Å². The average Bonchev–Trinajstić information content (AvgIpc) is 3.05. The van der Waals surface area contributed by atoms with Crippen molar-refractivity contribution >= 4 is 45.1 Å². The van der Waals surface area contributed by atoms with Crippen molar-refractivity contribution in [1.29, 1.82) is 0 Å². The van der Waals surface area contributed by atoms with E-state index in [1.54, 1.807) is 18.2 Å². The molecule has 0 aliphatic rings. The molecular weight excluding hydrogens is 374 g/mol. The predicted molar refractivity (Wildman–Crippen MR) is 101 cm³/mol. The van der Waals surface area contributed by atoms with Crippen LogP contribution < -0.4 is 10.1 Å². The lowest BCUT2D eigenvalue weighted by molar-refractivity contribution is -0.142. The van der Waals surface area contributed by atoms with Crippen LogP contribution in [0, 0.1) is 0 Å². The Balaban J connectivity index is 2.39. The van der Waals surface area contributed by atoms with Gasteiger partial charge in [0, 0.05) is 4.70 Å². The Morgan fingerprint density at radius 3 is 2.59 bits per heavy atom. The lowest BCUT2D eigenvalue weighted by atomic mass is 10.2. The molecule has 0 atom stereocenters. The van der Waals surface area contributed by atoms with Gasteiger partial charge >= 0.3 is 18.0 Å². The molecule has 2 rings (SSSR count). The highest BCUT2D eigenvalue weighted by molar-refractivity contribution is 7.21. The van der Waals surface area contributed by atoms with Crippen molar-refractivity contribution in [1.82, 2.24) is 0 Å². The number of amides is 1. The van der Waals surface area contributed by atoms with Gasteiger partial charge in [0.05, 0.1) is 31.9 Å². The summed E-state index contributed by atoms with van der Waals surface area (Å²) in [5, 5.41) is 3.14. The van der Waals surface area contributed by atoms with E-state index in [9.17, 15) is 14.4 Å². The van der Waals surface area contributed by atoms with E-state index in [2.05, 4.69) is 10.1 Å². The summed E-state index contributed by atoms with van der Waals surface area (Å²) in [5.41, 5.74) is 0.403. The molecule has 1 heterocycles. The number of rotatable bonds is 8. The molecule has 0 saturated heterocycles. The Labute approximate surface area is 160 Å². The zero-order valence-electron chi connectivity index (χ0n) is 15.3. The maximum absolute atomic E-state index is 12.1. The molecule has 0 aliphatic carbocycles. The van der Waals surface area contributed by atoms with E-state index in [4.69, 9.17) is 14.2 Å². The van der Waals surface area contributed by atoms with Crippen LogP contribution in [0.1, 0.15) is 29.4 Å². The van der Waals surface area contributed by atoms with Gasteiger partial charge in [-0.05, 0) is 18.6 Å². The lowest BCUT2D eigenvalue weighted by Gasteiger charge is -2.10. The van der Waals surface area contributed by atoms with E-state index in [0.29, 0.717) is 22.4 Å². The highest BCUT2D eigenvalue weighted by atomic mass is 32.1. The average molecular weight is 395 g/mol. The van der Waals surface area contributed by atoms with E-state index >= 15 is 0 Å². The topological polar surface area (TPSA) is 100 Å². The number of thiophene rings is 1. The smallest absolute Gasteiger partial charge is 0.411 e. The van der Waals surface area contributed by atoms with Crippen LogP contribution in [-0.4, -0.2) is 45.5 Å². The van der Waals surface area contributed by atoms with Gasteiger partial charge in [-0.1, -0.05) is 19.4 Å². The molecule has 2 aromatic rings. The number of ether oxygens (including phenoxy) is 4. The first-order valence-electron chi connectivity index (χ1n) is 8.29. The van der Waals surface area contributed by atoms with E-state index < -0.39 is 18.0 Å². The van der Waals surface area contributed by atoms with Crippen LogP contribution in [0.5, 0.6) is 5.75 Å². The van der Waals surface area contributed by atoms with Crippen molar-refractivity contribution < 1.29 is 33.3 Å². The number of anilines is 1. The normalized spacial score (nSPS) is 10.3. The number of methoxy groups -OCH3 is 2.